The van der Waals surface area contributed by atoms with E-state index in [0.717, 1.165) is 11.3 Å². The molecule has 1 atom stereocenters. The first kappa shape index (κ1) is 12.6. The van der Waals surface area contributed by atoms with Crippen LogP contribution < -0.4 is 5.32 Å². The van der Waals surface area contributed by atoms with Gasteiger partial charge in [0, 0.05) is 6.92 Å². The molecule has 0 radical (unpaired) electrons. The summed E-state index contributed by atoms with van der Waals surface area (Å²) in [6.45, 7) is 2.29. The van der Waals surface area contributed by atoms with Crippen LogP contribution in [0.1, 0.15) is 29.1 Å². The number of nitrogens with one attached hydrogen (secondary N) is 1. The number of furan rings is 1. The van der Waals surface area contributed by atoms with Crippen molar-refractivity contribution in [2.75, 3.05) is 0 Å². The van der Waals surface area contributed by atoms with Crippen LogP contribution in [0, 0.1) is 6.92 Å². The topological polar surface area (TPSA) is 64.1 Å². The number of rotatable bonds is 5. The molecule has 0 saturated carbocycles. The van der Waals surface area contributed by atoms with Gasteiger partial charge in [0.2, 0.25) is 5.89 Å². The van der Waals surface area contributed by atoms with Crippen LogP contribution in [0.3, 0.4) is 0 Å². The van der Waals surface area contributed by atoms with Gasteiger partial charge >= 0.3 is 0 Å². The number of aryl methyl sites for hydroxylation is 1. The Morgan fingerprint density at radius 3 is 2.65 bits per heavy atom. The van der Waals surface area contributed by atoms with Crippen molar-refractivity contribution in [2.24, 2.45) is 0 Å². The van der Waals surface area contributed by atoms with Gasteiger partial charge in [0.05, 0.1) is 18.8 Å². The molecule has 0 aliphatic rings. The molecular weight excluding hydrogens is 254 g/mol. The highest BCUT2D eigenvalue weighted by atomic mass is 16.5. The lowest BCUT2D eigenvalue weighted by molar-refractivity contribution is 0.382. The van der Waals surface area contributed by atoms with Crippen LogP contribution >= 0.6 is 0 Å². The van der Waals surface area contributed by atoms with Crippen LogP contribution in [0.25, 0.3) is 0 Å². The summed E-state index contributed by atoms with van der Waals surface area (Å²) in [4.78, 5) is 4.19. The largest absolute Gasteiger partial charge is 0.467 e. The summed E-state index contributed by atoms with van der Waals surface area (Å²) in [5.74, 6) is 2.06. The van der Waals surface area contributed by atoms with Crippen LogP contribution in [0.5, 0.6) is 0 Å². The third-order valence-corrected chi connectivity index (χ3v) is 2.99. The molecule has 5 heteroatoms. The minimum absolute atomic E-state index is 0.0370. The summed E-state index contributed by atoms with van der Waals surface area (Å²) in [5.41, 5.74) is 1.13. The molecule has 2 heterocycles. The molecule has 1 unspecified atom stereocenters. The second-order valence-corrected chi connectivity index (χ2v) is 4.47. The second-order valence-electron chi connectivity index (χ2n) is 4.47. The van der Waals surface area contributed by atoms with Crippen LogP contribution in [-0.2, 0) is 6.54 Å². The van der Waals surface area contributed by atoms with E-state index in [1.165, 1.54) is 0 Å². The van der Waals surface area contributed by atoms with E-state index in [1.807, 2.05) is 30.3 Å². The SMILES string of the molecule is Cc1nc(CNC(c2ccccc2)c2ccco2)no1. The maximum Gasteiger partial charge on any atom is 0.223 e. The summed E-state index contributed by atoms with van der Waals surface area (Å²) in [6.07, 6.45) is 1.67. The van der Waals surface area contributed by atoms with Crippen molar-refractivity contribution < 1.29 is 8.94 Å². The van der Waals surface area contributed by atoms with Crippen molar-refractivity contribution in [1.29, 1.82) is 0 Å². The normalized spacial score (nSPS) is 12.4. The van der Waals surface area contributed by atoms with E-state index in [9.17, 15) is 0 Å². The van der Waals surface area contributed by atoms with Gasteiger partial charge in [-0.25, -0.2) is 0 Å². The zero-order valence-corrected chi connectivity index (χ0v) is 11.1. The standard InChI is InChI=1S/C15H15N3O2/c1-11-17-14(18-20-11)10-16-15(13-8-5-9-19-13)12-6-3-2-4-7-12/h2-9,15-16H,10H2,1H3. The van der Waals surface area contributed by atoms with Gasteiger partial charge in [0.15, 0.2) is 5.82 Å². The van der Waals surface area contributed by atoms with Crippen molar-refractivity contribution in [3.8, 4) is 0 Å². The van der Waals surface area contributed by atoms with Gasteiger partial charge < -0.3 is 8.94 Å². The molecule has 3 aromatic rings. The molecule has 0 bridgehead atoms. The highest BCUT2D eigenvalue weighted by Crippen LogP contribution is 2.22. The first-order valence-corrected chi connectivity index (χ1v) is 6.44. The van der Waals surface area contributed by atoms with Crippen molar-refractivity contribution in [3.05, 3.63) is 71.8 Å². The number of hydrogen-bond donors (Lipinski definition) is 1. The maximum atomic E-state index is 5.52. The van der Waals surface area contributed by atoms with Crippen LogP contribution in [0.2, 0.25) is 0 Å². The third-order valence-electron chi connectivity index (χ3n) is 2.99. The predicted molar refractivity (Wildman–Crippen MR) is 72.9 cm³/mol. The van der Waals surface area contributed by atoms with Gasteiger partial charge in [-0.3, -0.25) is 5.32 Å². The van der Waals surface area contributed by atoms with E-state index < -0.39 is 0 Å². The lowest BCUT2D eigenvalue weighted by Gasteiger charge is -2.15. The average molecular weight is 269 g/mol. The van der Waals surface area contributed by atoms with Gasteiger partial charge in [-0.15, -0.1) is 0 Å². The van der Waals surface area contributed by atoms with E-state index in [2.05, 4.69) is 27.6 Å². The molecule has 0 spiro atoms. The zero-order valence-electron chi connectivity index (χ0n) is 11.1. The lowest BCUT2D eigenvalue weighted by Crippen LogP contribution is -2.22. The minimum Gasteiger partial charge on any atom is -0.467 e. The fourth-order valence-electron chi connectivity index (χ4n) is 2.09. The van der Waals surface area contributed by atoms with E-state index in [1.54, 1.807) is 13.2 Å². The summed E-state index contributed by atoms with van der Waals surface area (Å²) in [7, 11) is 0. The van der Waals surface area contributed by atoms with Gasteiger partial charge in [0.1, 0.15) is 5.76 Å². The van der Waals surface area contributed by atoms with E-state index in [-0.39, 0.29) is 6.04 Å². The van der Waals surface area contributed by atoms with Gasteiger partial charge in [-0.05, 0) is 17.7 Å². The van der Waals surface area contributed by atoms with Crippen LogP contribution in [0.4, 0.5) is 0 Å². The lowest BCUT2D eigenvalue weighted by atomic mass is 10.0. The summed E-state index contributed by atoms with van der Waals surface area (Å²) in [5, 5.41) is 7.27. The molecule has 5 nitrogen and oxygen atoms in total. The molecular formula is C15H15N3O2. The van der Waals surface area contributed by atoms with E-state index in [0.29, 0.717) is 18.3 Å². The van der Waals surface area contributed by atoms with Crippen molar-refractivity contribution in [1.82, 2.24) is 15.5 Å². The fourth-order valence-corrected chi connectivity index (χ4v) is 2.09. The monoisotopic (exact) mass is 269 g/mol. The summed E-state index contributed by atoms with van der Waals surface area (Å²) in [6, 6.07) is 13.9. The predicted octanol–water partition coefficient (Wildman–Crippen LogP) is 2.85. The molecule has 0 fully saturated rings. The van der Waals surface area contributed by atoms with Gasteiger partial charge in [-0.2, -0.15) is 4.98 Å². The smallest absolute Gasteiger partial charge is 0.223 e. The number of hydrogen-bond acceptors (Lipinski definition) is 5. The van der Waals surface area contributed by atoms with Crippen molar-refractivity contribution >= 4 is 0 Å². The van der Waals surface area contributed by atoms with Crippen molar-refractivity contribution in [2.45, 2.75) is 19.5 Å². The Morgan fingerprint density at radius 1 is 1.15 bits per heavy atom. The molecule has 0 saturated heterocycles. The Bertz CT molecular complexity index is 647. The molecule has 2 aromatic heterocycles. The first-order valence-electron chi connectivity index (χ1n) is 6.44. The number of benzene rings is 1. The minimum atomic E-state index is -0.0370. The Kier molecular flexibility index (Phi) is 3.60. The first-order chi connectivity index (χ1) is 9.83. The fraction of sp³-hybridized carbons (Fsp3) is 0.200. The second kappa shape index (κ2) is 5.71. The summed E-state index contributed by atoms with van der Waals surface area (Å²) >= 11 is 0. The Labute approximate surface area is 116 Å². The molecule has 1 aromatic carbocycles. The Hall–Kier alpha value is -2.40. The summed E-state index contributed by atoms with van der Waals surface area (Å²) < 4.78 is 10.5. The molecule has 1 N–H and O–H groups in total. The van der Waals surface area contributed by atoms with E-state index >= 15 is 0 Å². The van der Waals surface area contributed by atoms with Crippen LogP contribution in [-0.4, -0.2) is 10.1 Å². The van der Waals surface area contributed by atoms with Gasteiger partial charge in [0.25, 0.3) is 0 Å². The van der Waals surface area contributed by atoms with Crippen molar-refractivity contribution in [3.63, 3.8) is 0 Å². The quantitative estimate of drug-likeness (QED) is 0.771. The molecule has 0 aliphatic carbocycles. The average Bonchev–Trinajstić information content (AvgIpc) is 3.12. The molecule has 0 amide bonds. The third kappa shape index (κ3) is 2.78. The molecule has 3 rings (SSSR count). The Morgan fingerprint density at radius 2 is 2.00 bits per heavy atom. The Balaban J connectivity index is 1.80. The van der Waals surface area contributed by atoms with Crippen LogP contribution in [0.15, 0.2) is 57.7 Å². The number of nitrogens with zero attached hydrogens (tertiary/aromatic N) is 2. The number of aromatic nitrogens is 2. The molecule has 102 valence electrons. The zero-order chi connectivity index (χ0) is 13.8. The molecule has 0 aliphatic heterocycles. The molecule has 20 heavy (non-hydrogen) atoms. The highest BCUT2D eigenvalue weighted by molar-refractivity contribution is 5.26. The maximum absolute atomic E-state index is 5.52. The van der Waals surface area contributed by atoms with Gasteiger partial charge in [-0.1, -0.05) is 35.5 Å². The van der Waals surface area contributed by atoms with E-state index in [4.69, 9.17) is 8.94 Å². The highest BCUT2D eigenvalue weighted by Gasteiger charge is 2.17.